The van der Waals surface area contributed by atoms with E-state index in [1.165, 1.54) is 6.39 Å². The fraction of sp³-hybridized carbons (Fsp3) is 0.500. The predicted molar refractivity (Wildman–Crippen MR) is 82.9 cm³/mol. The normalized spacial score (nSPS) is 26.3. The van der Waals surface area contributed by atoms with E-state index in [1.807, 2.05) is 11.0 Å². The Kier molecular flexibility index (Phi) is 3.28. The molecule has 23 heavy (non-hydrogen) atoms. The maximum Gasteiger partial charge on any atom is 0.276 e. The quantitative estimate of drug-likeness (QED) is 0.931. The van der Waals surface area contributed by atoms with Gasteiger partial charge in [-0.05, 0) is 37.7 Å². The molecule has 1 saturated carbocycles. The summed E-state index contributed by atoms with van der Waals surface area (Å²) in [7, 11) is 0. The molecule has 7 nitrogen and oxygen atoms in total. The van der Waals surface area contributed by atoms with Gasteiger partial charge in [0.2, 0.25) is 0 Å². The van der Waals surface area contributed by atoms with Gasteiger partial charge in [0.15, 0.2) is 12.1 Å². The molecule has 7 heteroatoms. The van der Waals surface area contributed by atoms with Gasteiger partial charge in [0.25, 0.3) is 5.91 Å². The number of hydrogen-bond acceptors (Lipinski definition) is 6. The Balaban J connectivity index is 1.35. The fourth-order valence-electron chi connectivity index (χ4n) is 3.77. The first kappa shape index (κ1) is 14.2. The van der Waals surface area contributed by atoms with Crippen LogP contribution in [0.15, 0.2) is 29.4 Å². The zero-order valence-electron chi connectivity index (χ0n) is 13.0. The smallest absolute Gasteiger partial charge is 0.276 e. The van der Waals surface area contributed by atoms with Crippen LogP contribution in [0, 0.1) is 12.3 Å². The molecule has 1 saturated heterocycles. The minimum atomic E-state index is -0.0136. The van der Waals surface area contributed by atoms with Crippen molar-refractivity contribution in [2.24, 2.45) is 5.41 Å². The highest BCUT2D eigenvalue weighted by Gasteiger charge is 2.49. The van der Waals surface area contributed by atoms with Gasteiger partial charge >= 0.3 is 0 Å². The first-order chi connectivity index (χ1) is 11.2. The Hall–Kier alpha value is -2.44. The van der Waals surface area contributed by atoms with E-state index < -0.39 is 0 Å². The van der Waals surface area contributed by atoms with Gasteiger partial charge in [-0.3, -0.25) is 4.79 Å². The van der Waals surface area contributed by atoms with Gasteiger partial charge in [0, 0.05) is 25.3 Å². The molecule has 0 atom stereocenters. The highest BCUT2D eigenvalue weighted by molar-refractivity contribution is 5.93. The Morgan fingerprint density at radius 2 is 2.30 bits per heavy atom. The van der Waals surface area contributed by atoms with Gasteiger partial charge in [-0.25, -0.2) is 15.0 Å². The SMILES string of the molecule is Cc1ocnc1C(=O)N1CCC2(CC(Nc3ccncn3)C2)C1. The monoisotopic (exact) mass is 313 g/mol. The maximum absolute atomic E-state index is 12.5. The molecule has 2 fully saturated rings. The number of hydrogen-bond donors (Lipinski definition) is 1. The number of anilines is 1. The molecular formula is C16H19N5O2. The van der Waals surface area contributed by atoms with Crippen molar-refractivity contribution in [2.45, 2.75) is 32.2 Å². The Morgan fingerprint density at radius 3 is 3.00 bits per heavy atom. The van der Waals surface area contributed by atoms with Crippen molar-refractivity contribution in [3.63, 3.8) is 0 Å². The Bertz CT molecular complexity index is 708. The summed E-state index contributed by atoms with van der Waals surface area (Å²) in [5.74, 6) is 1.44. The number of aromatic nitrogens is 3. The number of carbonyl (C=O) groups is 1. The summed E-state index contributed by atoms with van der Waals surface area (Å²) in [6.07, 6.45) is 7.81. The summed E-state index contributed by atoms with van der Waals surface area (Å²) in [4.78, 5) is 26.6. The van der Waals surface area contributed by atoms with Crippen molar-refractivity contribution >= 4 is 11.7 Å². The first-order valence-corrected chi connectivity index (χ1v) is 7.87. The van der Waals surface area contributed by atoms with Crippen molar-refractivity contribution in [1.82, 2.24) is 19.9 Å². The maximum atomic E-state index is 12.5. The van der Waals surface area contributed by atoms with E-state index in [2.05, 4.69) is 20.3 Å². The minimum absolute atomic E-state index is 0.0136. The molecule has 1 amide bonds. The summed E-state index contributed by atoms with van der Waals surface area (Å²) in [6.45, 7) is 3.38. The molecule has 2 aromatic heterocycles. The molecule has 0 unspecified atom stereocenters. The molecule has 0 radical (unpaired) electrons. The first-order valence-electron chi connectivity index (χ1n) is 7.87. The van der Waals surface area contributed by atoms with Crippen LogP contribution in [0.5, 0.6) is 0 Å². The van der Waals surface area contributed by atoms with Gasteiger partial charge in [-0.2, -0.15) is 0 Å². The zero-order valence-corrected chi connectivity index (χ0v) is 13.0. The second kappa shape index (κ2) is 5.33. The second-order valence-electron chi connectivity index (χ2n) is 6.58. The fourth-order valence-corrected chi connectivity index (χ4v) is 3.77. The molecule has 1 aliphatic carbocycles. The van der Waals surface area contributed by atoms with Gasteiger partial charge in [0.1, 0.15) is 17.9 Å². The third-order valence-corrected chi connectivity index (χ3v) is 4.97. The molecule has 4 rings (SSSR count). The summed E-state index contributed by atoms with van der Waals surface area (Å²) < 4.78 is 5.14. The van der Waals surface area contributed by atoms with Crippen LogP contribution in [0.4, 0.5) is 5.82 Å². The lowest BCUT2D eigenvalue weighted by molar-refractivity contribution is 0.0709. The van der Waals surface area contributed by atoms with Gasteiger partial charge in [-0.1, -0.05) is 0 Å². The average molecular weight is 313 g/mol. The van der Waals surface area contributed by atoms with Crippen molar-refractivity contribution in [1.29, 1.82) is 0 Å². The van der Waals surface area contributed by atoms with Crippen LogP contribution in [0.1, 0.15) is 35.5 Å². The van der Waals surface area contributed by atoms with Crippen LogP contribution in [-0.2, 0) is 0 Å². The lowest BCUT2D eigenvalue weighted by Gasteiger charge is -2.45. The number of nitrogens with zero attached hydrogens (tertiary/aromatic N) is 4. The minimum Gasteiger partial charge on any atom is -0.448 e. The van der Waals surface area contributed by atoms with Crippen LogP contribution in [-0.4, -0.2) is 44.9 Å². The highest BCUT2D eigenvalue weighted by Crippen LogP contribution is 2.49. The number of aryl methyl sites for hydroxylation is 1. The van der Waals surface area contributed by atoms with Crippen LogP contribution in [0.25, 0.3) is 0 Å². The van der Waals surface area contributed by atoms with Gasteiger partial charge in [-0.15, -0.1) is 0 Å². The molecule has 2 aliphatic rings. The number of rotatable bonds is 3. The number of carbonyl (C=O) groups excluding carboxylic acids is 1. The van der Waals surface area contributed by atoms with Crippen molar-refractivity contribution < 1.29 is 9.21 Å². The molecule has 1 spiro atoms. The molecular weight excluding hydrogens is 294 g/mol. The lowest BCUT2D eigenvalue weighted by Crippen LogP contribution is -2.47. The van der Waals surface area contributed by atoms with Crippen LogP contribution in [0.2, 0.25) is 0 Å². The van der Waals surface area contributed by atoms with Gasteiger partial charge in [0.05, 0.1) is 0 Å². The van der Waals surface area contributed by atoms with Crippen LogP contribution in [0.3, 0.4) is 0 Å². The number of likely N-dealkylation sites (tertiary alicyclic amines) is 1. The van der Waals surface area contributed by atoms with E-state index in [9.17, 15) is 4.79 Å². The topological polar surface area (TPSA) is 84.2 Å². The molecule has 1 aliphatic heterocycles. The molecule has 0 bridgehead atoms. The Labute approximate surface area is 134 Å². The van der Waals surface area contributed by atoms with E-state index >= 15 is 0 Å². The van der Waals surface area contributed by atoms with Crippen molar-refractivity contribution in [3.8, 4) is 0 Å². The van der Waals surface area contributed by atoms with E-state index in [0.29, 0.717) is 17.5 Å². The largest absolute Gasteiger partial charge is 0.448 e. The number of nitrogens with one attached hydrogen (secondary N) is 1. The third-order valence-electron chi connectivity index (χ3n) is 4.97. The second-order valence-corrected chi connectivity index (χ2v) is 6.58. The average Bonchev–Trinajstić information content (AvgIpc) is 3.14. The summed E-state index contributed by atoms with van der Waals surface area (Å²) in [5, 5.41) is 3.43. The molecule has 1 N–H and O–H groups in total. The number of amides is 1. The zero-order chi connectivity index (χ0) is 15.9. The van der Waals surface area contributed by atoms with Crippen LogP contribution >= 0.6 is 0 Å². The van der Waals surface area contributed by atoms with E-state index in [0.717, 1.165) is 38.2 Å². The molecule has 0 aromatic carbocycles. The highest BCUT2D eigenvalue weighted by atomic mass is 16.3. The summed E-state index contributed by atoms with van der Waals surface area (Å²) in [6, 6.07) is 2.30. The van der Waals surface area contributed by atoms with E-state index in [-0.39, 0.29) is 11.3 Å². The Morgan fingerprint density at radius 1 is 1.43 bits per heavy atom. The van der Waals surface area contributed by atoms with Crippen LogP contribution < -0.4 is 5.32 Å². The number of oxazole rings is 1. The lowest BCUT2D eigenvalue weighted by atomic mass is 9.65. The molecule has 2 aromatic rings. The molecule has 120 valence electrons. The standard InChI is InChI=1S/C16H19N5O2/c1-11-14(19-10-23-11)15(22)21-5-3-16(8-21)6-12(7-16)20-13-2-4-17-9-18-13/h2,4,9-10,12H,3,5-8H2,1H3,(H,17,18,20). The van der Waals surface area contributed by atoms with Crippen molar-refractivity contribution in [3.05, 3.63) is 36.4 Å². The van der Waals surface area contributed by atoms with E-state index in [4.69, 9.17) is 4.42 Å². The summed E-state index contributed by atoms with van der Waals surface area (Å²) >= 11 is 0. The third kappa shape index (κ3) is 2.56. The van der Waals surface area contributed by atoms with E-state index in [1.54, 1.807) is 19.4 Å². The van der Waals surface area contributed by atoms with Crippen molar-refractivity contribution in [2.75, 3.05) is 18.4 Å². The van der Waals surface area contributed by atoms with Gasteiger partial charge < -0.3 is 14.6 Å². The summed E-state index contributed by atoms with van der Waals surface area (Å²) in [5.41, 5.74) is 0.690. The predicted octanol–water partition coefficient (Wildman–Crippen LogP) is 1.88. The molecule has 3 heterocycles.